The molecule has 0 bridgehead atoms. The number of hydrogen-bond donors (Lipinski definition) is 2. The second kappa shape index (κ2) is 7.49. The third-order valence-electron chi connectivity index (χ3n) is 3.68. The van der Waals surface area contributed by atoms with Gasteiger partial charge in [0.1, 0.15) is 11.6 Å². The van der Waals surface area contributed by atoms with E-state index in [0.29, 0.717) is 18.1 Å². The van der Waals surface area contributed by atoms with Crippen LogP contribution in [0.5, 0.6) is 0 Å². The van der Waals surface area contributed by atoms with Gasteiger partial charge in [0.15, 0.2) is 0 Å². The largest absolute Gasteiger partial charge is 0.366 e. The molecule has 0 spiro atoms. The van der Waals surface area contributed by atoms with E-state index in [1.165, 1.54) is 25.3 Å². The van der Waals surface area contributed by atoms with E-state index in [1.54, 1.807) is 24.5 Å². The summed E-state index contributed by atoms with van der Waals surface area (Å²) in [4.78, 5) is 8.14. The van der Waals surface area contributed by atoms with E-state index in [0.717, 1.165) is 11.6 Å². The summed E-state index contributed by atoms with van der Waals surface area (Å²) in [6, 6.07) is 10.7. The summed E-state index contributed by atoms with van der Waals surface area (Å²) in [7, 11) is -3.80. The number of sulfonamides is 1. The lowest BCUT2D eigenvalue weighted by atomic mass is 10.2. The zero-order chi connectivity index (χ0) is 18.6. The lowest BCUT2D eigenvalue weighted by Crippen LogP contribution is -2.13. The fourth-order valence-electron chi connectivity index (χ4n) is 2.25. The van der Waals surface area contributed by atoms with Crippen molar-refractivity contribution in [3.63, 3.8) is 0 Å². The number of nitrogens with one attached hydrogen (secondary N) is 2. The molecule has 3 aromatic rings. The van der Waals surface area contributed by atoms with Crippen molar-refractivity contribution >= 4 is 21.5 Å². The van der Waals surface area contributed by atoms with Crippen LogP contribution in [0.25, 0.3) is 0 Å². The Kier molecular flexibility index (Phi) is 5.13. The number of rotatable bonds is 6. The summed E-state index contributed by atoms with van der Waals surface area (Å²) >= 11 is 0. The van der Waals surface area contributed by atoms with Crippen LogP contribution in [0.1, 0.15) is 11.1 Å². The first-order valence-corrected chi connectivity index (χ1v) is 9.30. The van der Waals surface area contributed by atoms with Crippen molar-refractivity contribution in [3.05, 3.63) is 78.0 Å². The summed E-state index contributed by atoms with van der Waals surface area (Å²) in [5.74, 6) is 0.164. The van der Waals surface area contributed by atoms with Gasteiger partial charge in [-0.25, -0.2) is 17.8 Å². The molecule has 0 saturated carbocycles. The van der Waals surface area contributed by atoms with Crippen LogP contribution in [0.4, 0.5) is 15.9 Å². The quantitative estimate of drug-likeness (QED) is 0.693. The SMILES string of the molecule is Cc1cc(S(=O)(=O)Nc2ccc(NCc3ccncc3)nc2)ccc1F. The van der Waals surface area contributed by atoms with E-state index >= 15 is 0 Å². The zero-order valence-corrected chi connectivity index (χ0v) is 14.8. The Morgan fingerprint density at radius 2 is 1.85 bits per heavy atom. The van der Waals surface area contributed by atoms with Crippen LogP contribution in [-0.2, 0) is 16.6 Å². The van der Waals surface area contributed by atoms with Crippen molar-refractivity contribution in [1.29, 1.82) is 0 Å². The highest BCUT2D eigenvalue weighted by atomic mass is 32.2. The highest BCUT2D eigenvalue weighted by Crippen LogP contribution is 2.19. The fraction of sp³-hybridized carbons (Fsp3) is 0.111. The maximum Gasteiger partial charge on any atom is 0.261 e. The molecular formula is C18H17FN4O2S. The molecular weight excluding hydrogens is 355 g/mol. The van der Waals surface area contributed by atoms with Gasteiger partial charge < -0.3 is 5.32 Å². The van der Waals surface area contributed by atoms with Gasteiger partial charge >= 0.3 is 0 Å². The molecule has 6 nitrogen and oxygen atoms in total. The Morgan fingerprint density at radius 1 is 1.08 bits per heavy atom. The van der Waals surface area contributed by atoms with Crippen LogP contribution >= 0.6 is 0 Å². The number of anilines is 2. The van der Waals surface area contributed by atoms with Crippen LogP contribution < -0.4 is 10.0 Å². The van der Waals surface area contributed by atoms with Gasteiger partial charge in [-0.05, 0) is 60.5 Å². The molecule has 3 rings (SSSR count). The molecule has 134 valence electrons. The van der Waals surface area contributed by atoms with Crippen molar-refractivity contribution in [3.8, 4) is 0 Å². The summed E-state index contributed by atoms with van der Waals surface area (Å²) in [5, 5.41) is 3.14. The number of pyridine rings is 2. The third kappa shape index (κ3) is 4.34. The lowest BCUT2D eigenvalue weighted by molar-refractivity contribution is 0.598. The van der Waals surface area contributed by atoms with Gasteiger partial charge in [-0.2, -0.15) is 0 Å². The number of benzene rings is 1. The van der Waals surface area contributed by atoms with E-state index in [9.17, 15) is 12.8 Å². The van der Waals surface area contributed by atoms with Crippen molar-refractivity contribution < 1.29 is 12.8 Å². The Labute approximate surface area is 151 Å². The second-order valence-corrected chi connectivity index (χ2v) is 7.34. The highest BCUT2D eigenvalue weighted by Gasteiger charge is 2.15. The predicted octanol–water partition coefficient (Wildman–Crippen LogP) is 3.34. The summed E-state index contributed by atoms with van der Waals surface area (Å²) < 4.78 is 40.5. The van der Waals surface area contributed by atoms with Crippen molar-refractivity contribution in [1.82, 2.24) is 9.97 Å². The first-order valence-electron chi connectivity index (χ1n) is 7.82. The van der Waals surface area contributed by atoms with Gasteiger partial charge in [0.05, 0.1) is 16.8 Å². The van der Waals surface area contributed by atoms with Crippen LogP contribution in [0, 0.1) is 12.7 Å². The molecule has 0 atom stereocenters. The number of aryl methyl sites for hydroxylation is 1. The lowest BCUT2D eigenvalue weighted by Gasteiger charge is -2.10. The van der Waals surface area contributed by atoms with E-state index in [4.69, 9.17) is 0 Å². The molecule has 0 amide bonds. The third-order valence-corrected chi connectivity index (χ3v) is 5.06. The van der Waals surface area contributed by atoms with Crippen molar-refractivity contribution in [2.75, 3.05) is 10.0 Å². The van der Waals surface area contributed by atoms with Gasteiger partial charge in [-0.15, -0.1) is 0 Å². The van der Waals surface area contributed by atoms with Crippen LogP contribution in [0.3, 0.4) is 0 Å². The minimum absolute atomic E-state index is 0.00344. The molecule has 0 saturated heterocycles. The van der Waals surface area contributed by atoms with Gasteiger partial charge in [0.25, 0.3) is 10.0 Å². The summed E-state index contributed by atoms with van der Waals surface area (Å²) in [5.41, 5.74) is 1.64. The van der Waals surface area contributed by atoms with E-state index < -0.39 is 15.8 Å². The number of halogens is 1. The first kappa shape index (κ1) is 17.8. The average molecular weight is 372 g/mol. The summed E-state index contributed by atoms with van der Waals surface area (Å²) in [6.07, 6.45) is 4.84. The maximum absolute atomic E-state index is 13.3. The van der Waals surface area contributed by atoms with E-state index in [-0.39, 0.29) is 10.5 Å². The fourth-order valence-corrected chi connectivity index (χ4v) is 3.38. The molecule has 0 fully saturated rings. The van der Waals surface area contributed by atoms with Gasteiger partial charge in [-0.3, -0.25) is 9.71 Å². The molecule has 8 heteroatoms. The standard InChI is InChI=1S/C18H17FN4O2S/c1-13-10-16(3-4-17(13)19)26(24,25)23-15-2-5-18(22-12-15)21-11-14-6-8-20-9-7-14/h2-10,12,23H,11H2,1H3,(H,21,22). The Balaban J connectivity index is 1.67. The molecule has 2 heterocycles. The van der Waals surface area contributed by atoms with Gasteiger partial charge in [-0.1, -0.05) is 0 Å². The number of nitrogens with zero attached hydrogens (tertiary/aromatic N) is 2. The molecule has 0 aliphatic heterocycles. The Hall–Kier alpha value is -3.00. The van der Waals surface area contributed by atoms with Gasteiger partial charge in [0.2, 0.25) is 0 Å². The molecule has 2 N–H and O–H groups in total. The molecule has 1 aromatic carbocycles. The van der Waals surface area contributed by atoms with Gasteiger partial charge in [0, 0.05) is 18.9 Å². The molecule has 2 aromatic heterocycles. The van der Waals surface area contributed by atoms with Crippen LogP contribution in [0.15, 0.2) is 66.0 Å². The zero-order valence-electron chi connectivity index (χ0n) is 14.0. The number of aromatic nitrogens is 2. The minimum atomic E-state index is -3.80. The molecule has 0 aliphatic carbocycles. The molecule has 0 radical (unpaired) electrons. The molecule has 26 heavy (non-hydrogen) atoms. The smallest absolute Gasteiger partial charge is 0.261 e. The molecule has 0 unspecified atom stereocenters. The second-order valence-electron chi connectivity index (χ2n) is 5.66. The van der Waals surface area contributed by atoms with Crippen molar-refractivity contribution in [2.45, 2.75) is 18.4 Å². The maximum atomic E-state index is 13.3. The monoisotopic (exact) mass is 372 g/mol. The van der Waals surface area contributed by atoms with Crippen molar-refractivity contribution in [2.24, 2.45) is 0 Å². The van der Waals surface area contributed by atoms with E-state index in [2.05, 4.69) is 20.0 Å². The normalized spacial score (nSPS) is 11.2. The summed E-state index contributed by atoms with van der Waals surface area (Å²) in [6.45, 7) is 2.09. The van der Waals surface area contributed by atoms with E-state index in [1.807, 2.05) is 12.1 Å². The predicted molar refractivity (Wildman–Crippen MR) is 97.7 cm³/mol. The number of hydrogen-bond acceptors (Lipinski definition) is 5. The van der Waals surface area contributed by atoms with Crippen LogP contribution in [0.2, 0.25) is 0 Å². The topological polar surface area (TPSA) is 84.0 Å². The van der Waals surface area contributed by atoms with Crippen LogP contribution in [-0.4, -0.2) is 18.4 Å². The Morgan fingerprint density at radius 3 is 2.50 bits per heavy atom. The first-order chi connectivity index (χ1) is 12.4. The molecule has 0 aliphatic rings. The average Bonchev–Trinajstić information content (AvgIpc) is 2.64. The highest BCUT2D eigenvalue weighted by molar-refractivity contribution is 7.92. The minimum Gasteiger partial charge on any atom is -0.366 e. The Bertz CT molecular complexity index is 993.